The summed E-state index contributed by atoms with van der Waals surface area (Å²) in [5.41, 5.74) is 5.56. The molecule has 1 aliphatic heterocycles. The van der Waals surface area contributed by atoms with Gasteiger partial charge in [-0.1, -0.05) is 26.2 Å². The van der Waals surface area contributed by atoms with Crippen LogP contribution in [0, 0.1) is 5.92 Å². The van der Waals surface area contributed by atoms with Crippen LogP contribution < -0.4 is 5.73 Å². The third-order valence-electron chi connectivity index (χ3n) is 3.46. The molecule has 0 radical (unpaired) electrons. The number of nitrogens with two attached hydrogens (primary N) is 1. The zero-order valence-electron chi connectivity index (χ0n) is 10.6. The Labute approximate surface area is 99.4 Å². The largest absolute Gasteiger partial charge is 0.343 e. The average molecular weight is 226 g/mol. The highest BCUT2D eigenvalue weighted by molar-refractivity contribution is 5.76. The molecule has 0 aromatic carbocycles. The lowest BCUT2D eigenvalue weighted by atomic mass is 10.0. The Balaban J connectivity index is 2.27. The van der Waals surface area contributed by atoms with Crippen molar-refractivity contribution >= 4 is 5.91 Å². The van der Waals surface area contributed by atoms with Crippen LogP contribution in [0.25, 0.3) is 0 Å². The second-order valence-corrected chi connectivity index (χ2v) is 5.03. The fraction of sp³-hybridized carbons (Fsp3) is 0.923. The van der Waals surface area contributed by atoms with E-state index in [-0.39, 0.29) is 0 Å². The van der Waals surface area contributed by atoms with Crippen molar-refractivity contribution in [2.75, 3.05) is 19.6 Å². The summed E-state index contributed by atoms with van der Waals surface area (Å²) in [6.07, 6.45) is 7.87. The number of carbonyl (C=O) groups is 1. The molecule has 0 aromatic rings. The van der Waals surface area contributed by atoms with E-state index in [1.165, 1.54) is 32.1 Å². The Morgan fingerprint density at radius 1 is 1.19 bits per heavy atom. The van der Waals surface area contributed by atoms with Crippen molar-refractivity contribution in [1.29, 1.82) is 0 Å². The molecule has 1 atom stereocenters. The standard InChI is InChI=1S/C13H26N2O/c1-12(11-14)7-8-13(16)15-9-5-3-2-4-6-10-15/h12H,2-11,14H2,1H3. The van der Waals surface area contributed by atoms with E-state index in [4.69, 9.17) is 5.73 Å². The monoisotopic (exact) mass is 226 g/mol. The van der Waals surface area contributed by atoms with Crippen molar-refractivity contribution in [3.05, 3.63) is 0 Å². The molecule has 1 fully saturated rings. The van der Waals surface area contributed by atoms with Crippen LogP contribution >= 0.6 is 0 Å². The van der Waals surface area contributed by atoms with Crippen molar-refractivity contribution in [2.24, 2.45) is 11.7 Å². The van der Waals surface area contributed by atoms with Crippen molar-refractivity contribution in [2.45, 2.75) is 51.9 Å². The molecule has 1 aliphatic rings. The lowest BCUT2D eigenvalue weighted by Gasteiger charge is -2.25. The molecule has 1 saturated heterocycles. The predicted molar refractivity (Wildman–Crippen MR) is 67.1 cm³/mol. The number of carbonyl (C=O) groups excluding carboxylic acids is 1. The minimum absolute atomic E-state index is 0.335. The molecule has 1 amide bonds. The molecule has 94 valence electrons. The Kier molecular flexibility index (Phi) is 6.46. The summed E-state index contributed by atoms with van der Waals surface area (Å²) in [6, 6.07) is 0. The van der Waals surface area contributed by atoms with E-state index in [2.05, 4.69) is 11.8 Å². The van der Waals surface area contributed by atoms with Gasteiger partial charge in [-0.25, -0.2) is 0 Å². The second-order valence-electron chi connectivity index (χ2n) is 5.03. The maximum Gasteiger partial charge on any atom is 0.222 e. The number of amides is 1. The molecule has 2 N–H and O–H groups in total. The van der Waals surface area contributed by atoms with Crippen LogP contribution in [0.4, 0.5) is 0 Å². The third-order valence-corrected chi connectivity index (χ3v) is 3.46. The number of hydrogen-bond donors (Lipinski definition) is 1. The van der Waals surface area contributed by atoms with E-state index in [1.807, 2.05) is 0 Å². The SMILES string of the molecule is CC(CN)CCC(=O)N1CCCCCCC1. The Bertz CT molecular complexity index is 198. The maximum atomic E-state index is 12.0. The first-order valence-electron chi connectivity index (χ1n) is 6.72. The predicted octanol–water partition coefficient (Wildman–Crippen LogP) is 2.15. The summed E-state index contributed by atoms with van der Waals surface area (Å²) in [6.45, 7) is 4.74. The first-order valence-corrected chi connectivity index (χ1v) is 6.72. The fourth-order valence-electron chi connectivity index (χ4n) is 2.14. The first kappa shape index (κ1) is 13.5. The van der Waals surface area contributed by atoms with Gasteiger partial charge in [0.05, 0.1) is 0 Å². The summed E-state index contributed by atoms with van der Waals surface area (Å²) in [7, 11) is 0. The summed E-state index contributed by atoms with van der Waals surface area (Å²) in [4.78, 5) is 14.0. The van der Waals surface area contributed by atoms with E-state index in [0.29, 0.717) is 24.8 Å². The number of hydrogen-bond acceptors (Lipinski definition) is 2. The Hall–Kier alpha value is -0.570. The molecule has 0 bridgehead atoms. The van der Waals surface area contributed by atoms with Gasteiger partial charge in [-0.15, -0.1) is 0 Å². The van der Waals surface area contributed by atoms with Crippen LogP contribution in [0.5, 0.6) is 0 Å². The van der Waals surface area contributed by atoms with Gasteiger partial charge in [0, 0.05) is 19.5 Å². The summed E-state index contributed by atoms with van der Waals surface area (Å²) in [5, 5.41) is 0. The van der Waals surface area contributed by atoms with Gasteiger partial charge in [-0.05, 0) is 31.7 Å². The number of rotatable bonds is 4. The Morgan fingerprint density at radius 2 is 1.75 bits per heavy atom. The van der Waals surface area contributed by atoms with Crippen molar-refractivity contribution < 1.29 is 4.79 Å². The molecule has 1 rings (SSSR count). The van der Waals surface area contributed by atoms with Crippen molar-refractivity contribution in [3.63, 3.8) is 0 Å². The van der Waals surface area contributed by atoms with Crippen LogP contribution in [-0.2, 0) is 4.79 Å². The van der Waals surface area contributed by atoms with Gasteiger partial charge in [0.1, 0.15) is 0 Å². The molecule has 1 heterocycles. The molecule has 3 nitrogen and oxygen atoms in total. The van der Waals surface area contributed by atoms with Gasteiger partial charge in [-0.3, -0.25) is 4.79 Å². The number of likely N-dealkylation sites (tertiary alicyclic amines) is 1. The van der Waals surface area contributed by atoms with Gasteiger partial charge in [0.15, 0.2) is 0 Å². The van der Waals surface area contributed by atoms with Crippen LogP contribution in [-0.4, -0.2) is 30.4 Å². The van der Waals surface area contributed by atoms with E-state index in [0.717, 1.165) is 19.5 Å². The van der Waals surface area contributed by atoms with Gasteiger partial charge < -0.3 is 10.6 Å². The normalized spacial score (nSPS) is 20.0. The minimum atomic E-state index is 0.335. The smallest absolute Gasteiger partial charge is 0.222 e. The van der Waals surface area contributed by atoms with Crippen molar-refractivity contribution in [3.8, 4) is 0 Å². The maximum absolute atomic E-state index is 12.0. The summed E-state index contributed by atoms with van der Waals surface area (Å²) < 4.78 is 0. The van der Waals surface area contributed by atoms with Crippen LogP contribution in [0.3, 0.4) is 0 Å². The highest BCUT2D eigenvalue weighted by atomic mass is 16.2. The molecule has 0 aliphatic carbocycles. The molecular formula is C13H26N2O. The van der Waals surface area contributed by atoms with E-state index < -0.39 is 0 Å². The van der Waals surface area contributed by atoms with E-state index in [1.54, 1.807) is 0 Å². The lowest BCUT2D eigenvalue weighted by Crippen LogP contribution is -2.34. The molecule has 0 spiro atoms. The molecular weight excluding hydrogens is 200 g/mol. The highest BCUT2D eigenvalue weighted by Gasteiger charge is 2.15. The molecule has 0 aromatic heterocycles. The molecule has 0 saturated carbocycles. The zero-order chi connectivity index (χ0) is 11.8. The van der Waals surface area contributed by atoms with Gasteiger partial charge in [-0.2, -0.15) is 0 Å². The van der Waals surface area contributed by atoms with Gasteiger partial charge in [0.25, 0.3) is 0 Å². The zero-order valence-corrected chi connectivity index (χ0v) is 10.6. The topological polar surface area (TPSA) is 46.3 Å². The van der Waals surface area contributed by atoms with Gasteiger partial charge >= 0.3 is 0 Å². The Morgan fingerprint density at radius 3 is 2.31 bits per heavy atom. The van der Waals surface area contributed by atoms with Crippen molar-refractivity contribution in [1.82, 2.24) is 4.90 Å². The van der Waals surface area contributed by atoms with Gasteiger partial charge in [0.2, 0.25) is 5.91 Å². The van der Waals surface area contributed by atoms with Crippen LogP contribution in [0.1, 0.15) is 51.9 Å². The number of nitrogens with zero attached hydrogens (tertiary/aromatic N) is 1. The molecule has 1 unspecified atom stereocenters. The average Bonchev–Trinajstić information content (AvgIpc) is 2.25. The highest BCUT2D eigenvalue weighted by Crippen LogP contribution is 2.13. The van der Waals surface area contributed by atoms with Crippen LogP contribution in [0.2, 0.25) is 0 Å². The quantitative estimate of drug-likeness (QED) is 0.798. The third kappa shape index (κ3) is 4.97. The summed E-state index contributed by atoms with van der Waals surface area (Å²) in [5.74, 6) is 0.806. The van der Waals surface area contributed by atoms with Crippen LogP contribution in [0.15, 0.2) is 0 Å². The van der Waals surface area contributed by atoms with E-state index >= 15 is 0 Å². The fourth-order valence-corrected chi connectivity index (χ4v) is 2.14. The molecule has 16 heavy (non-hydrogen) atoms. The first-order chi connectivity index (χ1) is 7.74. The second kappa shape index (κ2) is 7.66. The van der Waals surface area contributed by atoms with E-state index in [9.17, 15) is 4.79 Å². The molecule has 3 heteroatoms. The summed E-state index contributed by atoms with van der Waals surface area (Å²) >= 11 is 0. The minimum Gasteiger partial charge on any atom is -0.343 e. The lowest BCUT2D eigenvalue weighted by molar-refractivity contribution is -0.131.